The number of carbonyl (C=O) groups excluding carboxylic acids is 2. The molecule has 1 aromatic carbocycles. The van der Waals surface area contributed by atoms with Crippen LogP contribution in [0.3, 0.4) is 0 Å². The summed E-state index contributed by atoms with van der Waals surface area (Å²) in [6.45, 7) is 2.79. The lowest BCUT2D eigenvalue weighted by atomic mass is 10.2. The highest BCUT2D eigenvalue weighted by atomic mass is 32.2. The molecule has 2 amide bonds. The molecule has 4 rings (SSSR count). The predicted octanol–water partition coefficient (Wildman–Crippen LogP) is 0.591. The molecule has 1 aromatic rings. The van der Waals surface area contributed by atoms with Gasteiger partial charge in [0.15, 0.2) is 0 Å². The Kier molecular flexibility index (Phi) is 3.84. The Morgan fingerprint density at radius 2 is 1.92 bits per heavy atom. The number of hydrogen-bond acceptors (Lipinski definition) is 4. The van der Waals surface area contributed by atoms with Crippen LogP contribution < -0.4 is 4.90 Å². The fraction of sp³-hybridized carbons (Fsp3) is 0.529. The SMILES string of the molecule is CC(=O)N1CCc2cc(S(=O)(=O)N3CCN(C4CC4)C(=O)C3)ccc21. The molecule has 7 nitrogen and oxygen atoms in total. The Balaban J connectivity index is 1.57. The van der Waals surface area contributed by atoms with E-state index >= 15 is 0 Å². The van der Waals surface area contributed by atoms with Crippen molar-refractivity contribution in [2.45, 2.75) is 37.1 Å². The molecule has 0 spiro atoms. The fourth-order valence-corrected chi connectivity index (χ4v) is 5.09. The Morgan fingerprint density at radius 3 is 2.56 bits per heavy atom. The number of anilines is 1. The lowest BCUT2D eigenvalue weighted by molar-refractivity contribution is -0.134. The summed E-state index contributed by atoms with van der Waals surface area (Å²) >= 11 is 0. The van der Waals surface area contributed by atoms with Crippen molar-refractivity contribution >= 4 is 27.5 Å². The summed E-state index contributed by atoms with van der Waals surface area (Å²) < 4.78 is 27.1. The van der Waals surface area contributed by atoms with Gasteiger partial charge < -0.3 is 9.80 Å². The zero-order valence-corrected chi connectivity index (χ0v) is 15.0. The second-order valence-corrected chi connectivity index (χ2v) is 8.81. The van der Waals surface area contributed by atoms with E-state index in [4.69, 9.17) is 0 Å². The minimum atomic E-state index is -3.70. The first-order valence-electron chi connectivity index (χ1n) is 8.58. The van der Waals surface area contributed by atoms with E-state index in [0.717, 1.165) is 24.1 Å². The first-order chi connectivity index (χ1) is 11.9. The molecule has 0 bridgehead atoms. The summed E-state index contributed by atoms with van der Waals surface area (Å²) in [7, 11) is -3.70. The van der Waals surface area contributed by atoms with Crippen molar-refractivity contribution in [3.05, 3.63) is 23.8 Å². The van der Waals surface area contributed by atoms with Gasteiger partial charge in [0.05, 0.1) is 11.4 Å². The molecule has 8 heteroatoms. The molecule has 3 aliphatic rings. The average Bonchev–Trinajstić information content (AvgIpc) is 3.32. The second-order valence-electron chi connectivity index (χ2n) is 6.87. The average molecular weight is 363 g/mol. The van der Waals surface area contributed by atoms with Gasteiger partial charge in [-0.1, -0.05) is 0 Å². The lowest BCUT2D eigenvalue weighted by Crippen LogP contribution is -2.52. The lowest BCUT2D eigenvalue weighted by Gasteiger charge is -2.33. The molecular formula is C17H21N3O4S. The number of amides is 2. The van der Waals surface area contributed by atoms with Gasteiger partial charge >= 0.3 is 0 Å². The molecule has 1 aliphatic carbocycles. The van der Waals surface area contributed by atoms with Gasteiger partial charge in [0.1, 0.15) is 0 Å². The molecule has 0 aromatic heterocycles. The predicted molar refractivity (Wildman–Crippen MR) is 91.7 cm³/mol. The van der Waals surface area contributed by atoms with Crippen LogP contribution in [-0.2, 0) is 26.0 Å². The number of carbonyl (C=O) groups is 2. The summed E-state index contributed by atoms with van der Waals surface area (Å²) in [6, 6.07) is 5.19. The first kappa shape index (κ1) is 16.5. The molecule has 2 heterocycles. The van der Waals surface area contributed by atoms with Crippen LogP contribution in [0.2, 0.25) is 0 Å². The standard InChI is InChI=1S/C17H21N3O4S/c1-12(21)19-7-6-13-10-15(4-5-16(13)19)25(23,24)18-8-9-20(14-2-3-14)17(22)11-18/h4-5,10,14H,2-3,6-9,11H2,1H3. The maximum atomic E-state index is 12.9. The molecule has 2 fully saturated rings. The highest BCUT2D eigenvalue weighted by Gasteiger charge is 2.39. The number of benzene rings is 1. The summed E-state index contributed by atoms with van der Waals surface area (Å²) in [4.78, 5) is 27.5. The summed E-state index contributed by atoms with van der Waals surface area (Å²) in [5.74, 6) is -0.155. The van der Waals surface area contributed by atoms with Gasteiger partial charge in [0, 0.05) is 38.3 Å². The number of rotatable bonds is 3. The Hall–Kier alpha value is -1.93. The van der Waals surface area contributed by atoms with Crippen LogP contribution in [0.15, 0.2) is 23.1 Å². The summed E-state index contributed by atoms with van der Waals surface area (Å²) in [6.07, 6.45) is 2.69. The number of nitrogens with zero attached hydrogens (tertiary/aromatic N) is 3. The van der Waals surface area contributed by atoms with Gasteiger partial charge in [-0.05, 0) is 43.0 Å². The van der Waals surface area contributed by atoms with Gasteiger partial charge in [0.25, 0.3) is 0 Å². The molecule has 25 heavy (non-hydrogen) atoms. The van der Waals surface area contributed by atoms with E-state index in [0.29, 0.717) is 32.1 Å². The molecule has 134 valence electrons. The van der Waals surface area contributed by atoms with Crippen molar-refractivity contribution in [2.75, 3.05) is 31.1 Å². The molecule has 0 radical (unpaired) electrons. The first-order valence-corrected chi connectivity index (χ1v) is 10.0. The molecule has 0 N–H and O–H groups in total. The van der Waals surface area contributed by atoms with E-state index in [1.54, 1.807) is 21.9 Å². The highest BCUT2D eigenvalue weighted by Crippen LogP contribution is 2.32. The van der Waals surface area contributed by atoms with E-state index in [1.165, 1.54) is 17.3 Å². The van der Waals surface area contributed by atoms with Crippen molar-refractivity contribution in [3.8, 4) is 0 Å². The zero-order chi connectivity index (χ0) is 17.8. The van der Waals surface area contributed by atoms with Crippen LogP contribution in [0.25, 0.3) is 0 Å². The topological polar surface area (TPSA) is 78.0 Å². The fourth-order valence-electron chi connectivity index (χ4n) is 3.66. The molecule has 1 saturated carbocycles. The zero-order valence-electron chi connectivity index (χ0n) is 14.1. The second kappa shape index (κ2) is 5.81. The van der Waals surface area contributed by atoms with E-state index in [1.807, 2.05) is 0 Å². The van der Waals surface area contributed by atoms with Crippen molar-refractivity contribution in [2.24, 2.45) is 0 Å². The van der Waals surface area contributed by atoms with Crippen LogP contribution in [0.1, 0.15) is 25.3 Å². The maximum absolute atomic E-state index is 12.9. The van der Waals surface area contributed by atoms with Gasteiger partial charge in [-0.25, -0.2) is 8.42 Å². The third-order valence-electron chi connectivity index (χ3n) is 5.17. The third-order valence-corrected chi connectivity index (χ3v) is 7.02. The van der Waals surface area contributed by atoms with Crippen LogP contribution in [0.5, 0.6) is 0 Å². The minimum Gasteiger partial charge on any atom is -0.337 e. The quantitative estimate of drug-likeness (QED) is 0.788. The Bertz CT molecular complexity index is 847. The Morgan fingerprint density at radius 1 is 1.16 bits per heavy atom. The van der Waals surface area contributed by atoms with Crippen molar-refractivity contribution in [1.29, 1.82) is 0 Å². The van der Waals surface area contributed by atoms with Gasteiger partial charge in [-0.2, -0.15) is 4.31 Å². The molecule has 1 saturated heterocycles. The molecule has 0 atom stereocenters. The number of fused-ring (bicyclic) bond motifs is 1. The smallest absolute Gasteiger partial charge is 0.243 e. The monoisotopic (exact) mass is 363 g/mol. The molecular weight excluding hydrogens is 342 g/mol. The maximum Gasteiger partial charge on any atom is 0.243 e. The van der Waals surface area contributed by atoms with E-state index in [9.17, 15) is 18.0 Å². The largest absolute Gasteiger partial charge is 0.337 e. The van der Waals surface area contributed by atoms with Crippen LogP contribution >= 0.6 is 0 Å². The van der Waals surface area contributed by atoms with Gasteiger partial charge in [0.2, 0.25) is 21.8 Å². The number of sulfonamides is 1. The van der Waals surface area contributed by atoms with E-state index in [-0.39, 0.29) is 23.3 Å². The molecule has 2 aliphatic heterocycles. The normalized spacial score (nSPS) is 21.6. The van der Waals surface area contributed by atoms with Gasteiger partial charge in [-0.3, -0.25) is 9.59 Å². The van der Waals surface area contributed by atoms with Crippen molar-refractivity contribution in [3.63, 3.8) is 0 Å². The van der Waals surface area contributed by atoms with E-state index in [2.05, 4.69) is 0 Å². The summed E-state index contributed by atoms with van der Waals surface area (Å²) in [5, 5.41) is 0. The van der Waals surface area contributed by atoms with Gasteiger partial charge in [-0.15, -0.1) is 0 Å². The van der Waals surface area contributed by atoms with Crippen LogP contribution in [-0.4, -0.2) is 61.7 Å². The van der Waals surface area contributed by atoms with E-state index < -0.39 is 10.0 Å². The van der Waals surface area contributed by atoms with Crippen molar-refractivity contribution < 1.29 is 18.0 Å². The van der Waals surface area contributed by atoms with Crippen LogP contribution in [0, 0.1) is 0 Å². The Labute approximate surface area is 147 Å². The van der Waals surface area contributed by atoms with Crippen molar-refractivity contribution in [1.82, 2.24) is 9.21 Å². The summed E-state index contributed by atoms with van der Waals surface area (Å²) in [5.41, 5.74) is 1.64. The minimum absolute atomic E-state index is 0.0452. The molecule has 0 unspecified atom stereocenters. The van der Waals surface area contributed by atoms with Crippen LogP contribution in [0.4, 0.5) is 5.69 Å². The highest BCUT2D eigenvalue weighted by molar-refractivity contribution is 7.89. The number of piperazine rings is 1. The third kappa shape index (κ3) is 2.83. The number of hydrogen-bond donors (Lipinski definition) is 0.